The highest BCUT2D eigenvalue weighted by molar-refractivity contribution is 5.31. The summed E-state index contributed by atoms with van der Waals surface area (Å²) >= 11 is 0. The van der Waals surface area contributed by atoms with E-state index in [4.69, 9.17) is 10.5 Å². The number of aromatic nitrogens is 1. The Bertz CT molecular complexity index is 354. The third kappa shape index (κ3) is 2.19. The topological polar surface area (TPSA) is 48.1 Å². The summed E-state index contributed by atoms with van der Waals surface area (Å²) in [6.07, 6.45) is 5.26. The molecule has 0 aromatic carbocycles. The van der Waals surface area contributed by atoms with Gasteiger partial charge in [0, 0.05) is 18.2 Å². The van der Waals surface area contributed by atoms with Crippen molar-refractivity contribution in [2.45, 2.75) is 38.1 Å². The van der Waals surface area contributed by atoms with Crippen molar-refractivity contribution in [1.82, 2.24) is 4.98 Å². The Morgan fingerprint density at radius 2 is 2.25 bits per heavy atom. The van der Waals surface area contributed by atoms with Gasteiger partial charge in [0.25, 0.3) is 0 Å². The van der Waals surface area contributed by atoms with Crippen LogP contribution in [0.3, 0.4) is 0 Å². The van der Waals surface area contributed by atoms with Crippen molar-refractivity contribution < 1.29 is 4.74 Å². The molecule has 0 spiro atoms. The van der Waals surface area contributed by atoms with E-state index in [-0.39, 0.29) is 6.04 Å². The molecule has 0 aliphatic heterocycles. The molecular formula is C13H20N2O. The molecule has 1 saturated carbocycles. The molecule has 1 heterocycles. The molecule has 0 saturated heterocycles. The van der Waals surface area contributed by atoms with Gasteiger partial charge in [0.1, 0.15) is 5.75 Å². The summed E-state index contributed by atoms with van der Waals surface area (Å²) in [7, 11) is 1.69. The van der Waals surface area contributed by atoms with Gasteiger partial charge in [0.2, 0.25) is 0 Å². The van der Waals surface area contributed by atoms with E-state index in [9.17, 15) is 0 Å². The van der Waals surface area contributed by atoms with Crippen LogP contribution in [0.25, 0.3) is 0 Å². The summed E-state index contributed by atoms with van der Waals surface area (Å²) in [5, 5.41) is 0. The van der Waals surface area contributed by atoms with Crippen LogP contribution in [-0.2, 0) is 0 Å². The minimum atomic E-state index is 0.222. The van der Waals surface area contributed by atoms with Gasteiger partial charge in [-0.2, -0.15) is 0 Å². The fourth-order valence-corrected chi connectivity index (χ4v) is 2.57. The van der Waals surface area contributed by atoms with Gasteiger partial charge in [-0.05, 0) is 37.3 Å². The van der Waals surface area contributed by atoms with Crippen molar-refractivity contribution >= 4 is 0 Å². The van der Waals surface area contributed by atoms with Gasteiger partial charge in [-0.25, -0.2) is 0 Å². The number of rotatable bonds is 2. The lowest BCUT2D eigenvalue weighted by Gasteiger charge is -2.32. The SMILES string of the molecule is COc1cccnc1C1CC(C)CCC1N. The lowest BCUT2D eigenvalue weighted by Crippen LogP contribution is -2.34. The molecule has 1 fully saturated rings. The van der Waals surface area contributed by atoms with E-state index in [2.05, 4.69) is 11.9 Å². The quantitative estimate of drug-likeness (QED) is 0.832. The third-order valence-corrected chi connectivity index (χ3v) is 3.54. The highest BCUT2D eigenvalue weighted by Crippen LogP contribution is 2.37. The lowest BCUT2D eigenvalue weighted by molar-refractivity contribution is 0.293. The Morgan fingerprint density at radius 1 is 1.44 bits per heavy atom. The molecule has 3 nitrogen and oxygen atoms in total. The maximum atomic E-state index is 6.20. The average Bonchev–Trinajstić information content (AvgIpc) is 2.32. The Hall–Kier alpha value is -1.09. The molecule has 3 unspecified atom stereocenters. The second kappa shape index (κ2) is 4.83. The average molecular weight is 220 g/mol. The van der Waals surface area contributed by atoms with E-state index in [1.165, 1.54) is 6.42 Å². The Labute approximate surface area is 97.0 Å². The second-order valence-corrected chi connectivity index (χ2v) is 4.78. The number of pyridine rings is 1. The zero-order chi connectivity index (χ0) is 11.5. The van der Waals surface area contributed by atoms with Gasteiger partial charge in [-0.3, -0.25) is 4.98 Å². The molecule has 2 rings (SSSR count). The molecule has 2 N–H and O–H groups in total. The predicted octanol–water partition coefficient (Wildman–Crippen LogP) is 2.32. The minimum absolute atomic E-state index is 0.222. The number of methoxy groups -OCH3 is 1. The molecular weight excluding hydrogens is 200 g/mol. The summed E-state index contributed by atoms with van der Waals surface area (Å²) in [5.41, 5.74) is 7.23. The first-order chi connectivity index (χ1) is 7.72. The molecule has 88 valence electrons. The van der Waals surface area contributed by atoms with Gasteiger partial charge in [0.05, 0.1) is 12.8 Å². The standard InChI is InChI=1S/C13H20N2O/c1-9-5-6-11(14)10(8-9)13-12(16-2)4-3-7-15-13/h3-4,7,9-11H,5-6,8,14H2,1-2H3. The number of nitrogens with zero attached hydrogens (tertiary/aromatic N) is 1. The Balaban J connectivity index is 2.27. The van der Waals surface area contributed by atoms with Crippen molar-refractivity contribution in [2.75, 3.05) is 7.11 Å². The Morgan fingerprint density at radius 3 is 3.00 bits per heavy atom. The molecule has 1 aliphatic rings. The monoisotopic (exact) mass is 220 g/mol. The van der Waals surface area contributed by atoms with Crippen molar-refractivity contribution in [3.63, 3.8) is 0 Å². The fourth-order valence-electron chi connectivity index (χ4n) is 2.57. The van der Waals surface area contributed by atoms with E-state index in [0.29, 0.717) is 5.92 Å². The molecule has 16 heavy (non-hydrogen) atoms. The van der Waals surface area contributed by atoms with Gasteiger partial charge >= 0.3 is 0 Å². The Kier molecular flexibility index (Phi) is 3.44. The summed E-state index contributed by atoms with van der Waals surface area (Å²) in [5.74, 6) is 1.95. The second-order valence-electron chi connectivity index (χ2n) is 4.78. The highest BCUT2D eigenvalue weighted by Gasteiger charge is 2.30. The van der Waals surface area contributed by atoms with Gasteiger partial charge in [-0.1, -0.05) is 6.92 Å². The highest BCUT2D eigenvalue weighted by atomic mass is 16.5. The van der Waals surface area contributed by atoms with Crippen molar-refractivity contribution in [2.24, 2.45) is 11.7 Å². The largest absolute Gasteiger partial charge is 0.495 e. The number of nitrogens with two attached hydrogens (primary N) is 1. The van der Waals surface area contributed by atoms with Crippen LogP contribution < -0.4 is 10.5 Å². The van der Waals surface area contributed by atoms with Crippen LogP contribution in [0.2, 0.25) is 0 Å². The maximum absolute atomic E-state index is 6.20. The van der Waals surface area contributed by atoms with E-state index < -0.39 is 0 Å². The van der Waals surface area contributed by atoms with Crippen LogP contribution in [0.4, 0.5) is 0 Å². The van der Waals surface area contributed by atoms with Crippen molar-refractivity contribution in [3.05, 3.63) is 24.0 Å². The predicted molar refractivity (Wildman–Crippen MR) is 64.5 cm³/mol. The number of hydrogen-bond donors (Lipinski definition) is 1. The molecule has 0 bridgehead atoms. The molecule has 1 aromatic rings. The number of ether oxygens (including phenoxy) is 1. The van der Waals surface area contributed by atoms with Crippen LogP contribution in [0.5, 0.6) is 5.75 Å². The molecule has 1 aromatic heterocycles. The summed E-state index contributed by atoms with van der Waals surface area (Å²) in [4.78, 5) is 4.45. The van der Waals surface area contributed by atoms with E-state index in [1.807, 2.05) is 18.3 Å². The van der Waals surface area contributed by atoms with Gasteiger partial charge < -0.3 is 10.5 Å². The fraction of sp³-hybridized carbons (Fsp3) is 0.615. The summed E-state index contributed by atoms with van der Waals surface area (Å²) < 4.78 is 5.36. The van der Waals surface area contributed by atoms with E-state index in [1.54, 1.807) is 7.11 Å². The van der Waals surface area contributed by atoms with Crippen LogP contribution in [-0.4, -0.2) is 18.1 Å². The number of hydrogen-bond acceptors (Lipinski definition) is 3. The third-order valence-electron chi connectivity index (χ3n) is 3.54. The van der Waals surface area contributed by atoms with Crippen LogP contribution in [0, 0.1) is 5.92 Å². The van der Waals surface area contributed by atoms with Gasteiger partial charge in [-0.15, -0.1) is 0 Å². The van der Waals surface area contributed by atoms with Crippen LogP contribution in [0.1, 0.15) is 37.8 Å². The molecule has 3 atom stereocenters. The normalized spacial score (nSPS) is 30.1. The van der Waals surface area contributed by atoms with Crippen LogP contribution in [0.15, 0.2) is 18.3 Å². The van der Waals surface area contributed by atoms with Crippen molar-refractivity contribution in [3.8, 4) is 5.75 Å². The lowest BCUT2D eigenvalue weighted by atomic mass is 9.77. The molecule has 0 radical (unpaired) electrons. The molecule has 0 amide bonds. The van der Waals surface area contributed by atoms with Crippen LogP contribution >= 0.6 is 0 Å². The molecule has 1 aliphatic carbocycles. The van der Waals surface area contributed by atoms with E-state index >= 15 is 0 Å². The zero-order valence-electron chi connectivity index (χ0n) is 10.0. The zero-order valence-corrected chi connectivity index (χ0v) is 10.0. The van der Waals surface area contributed by atoms with E-state index in [0.717, 1.165) is 30.2 Å². The molecule has 3 heteroatoms. The maximum Gasteiger partial charge on any atom is 0.140 e. The first-order valence-corrected chi connectivity index (χ1v) is 5.97. The minimum Gasteiger partial charge on any atom is -0.495 e. The van der Waals surface area contributed by atoms with Gasteiger partial charge in [0.15, 0.2) is 0 Å². The van der Waals surface area contributed by atoms with Crippen molar-refractivity contribution in [1.29, 1.82) is 0 Å². The first kappa shape index (κ1) is 11.4. The smallest absolute Gasteiger partial charge is 0.140 e. The first-order valence-electron chi connectivity index (χ1n) is 5.97. The summed E-state index contributed by atoms with van der Waals surface area (Å²) in [6, 6.07) is 4.09. The summed E-state index contributed by atoms with van der Waals surface area (Å²) in [6.45, 7) is 2.29.